The minimum atomic E-state index is -0.818. The van der Waals surface area contributed by atoms with Crippen LogP contribution in [0.3, 0.4) is 0 Å². The Morgan fingerprint density at radius 2 is 1.83 bits per heavy atom. The number of nitrogens with one attached hydrogen (secondary N) is 2. The first-order valence-corrected chi connectivity index (χ1v) is 9.68. The van der Waals surface area contributed by atoms with E-state index in [9.17, 15) is 9.90 Å². The normalized spacial score (nSPS) is 13.2. The molecular weight excluding hydrogens is 366 g/mol. The molecule has 3 N–H and O–H groups in total. The Hall–Kier alpha value is -2.88. The Balaban J connectivity index is 1.98. The second-order valence-corrected chi connectivity index (χ2v) is 7.95. The first kappa shape index (κ1) is 22.4. The average molecular weight is 396 g/mol. The SMILES string of the molecule is CC(C)(C)OC(=O)N[C@@H](Cc1ccccc1)[C@H](O)CNCc1cccc(C#N)c1. The molecule has 0 fully saturated rings. The molecule has 6 nitrogen and oxygen atoms in total. The second kappa shape index (κ2) is 10.6. The molecule has 0 aliphatic heterocycles. The van der Waals surface area contributed by atoms with Gasteiger partial charge in [-0.25, -0.2) is 4.79 Å². The van der Waals surface area contributed by atoms with Gasteiger partial charge in [0.05, 0.1) is 23.8 Å². The fraction of sp³-hybridized carbons (Fsp3) is 0.391. The fourth-order valence-electron chi connectivity index (χ4n) is 2.87. The predicted octanol–water partition coefficient (Wildman–Crippen LogP) is 3.14. The third-order valence-corrected chi connectivity index (χ3v) is 4.20. The number of carbonyl (C=O) groups excluding carboxylic acids is 1. The van der Waals surface area contributed by atoms with Gasteiger partial charge in [-0.1, -0.05) is 42.5 Å². The lowest BCUT2D eigenvalue weighted by atomic mass is 10.0. The van der Waals surface area contributed by atoms with Gasteiger partial charge in [0.1, 0.15) is 5.60 Å². The van der Waals surface area contributed by atoms with Crippen LogP contribution in [0.4, 0.5) is 4.79 Å². The highest BCUT2D eigenvalue weighted by Gasteiger charge is 2.24. The maximum Gasteiger partial charge on any atom is 0.407 e. The largest absolute Gasteiger partial charge is 0.444 e. The van der Waals surface area contributed by atoms with Crippen LogP contribution in [0.15, 0.2) is 54.6 Å². The van der Waals surface area contributed by atoms with Crippen molar-refractivity contribution in [3.63, 3.8) is 0 Å². The molecule has 0 unspecified atom stereocenters. The number of nitrogens with zero attached hydrogens (tertiary/aromatic N) is 1. The summed E-state index contributed by atoms with van der Waals surface area (Å²) in [5, 5.41) is 25.7. The van der Waals surface area contributed by atoms with E-state index in [2.05, 4.69) is 16.7 Å². The Morgan fingerprint density at radius 1 is 1.14 bits per heavy atom. The smallest absolute Gasteiger partial charge is 0.407 e. The van der Waals surface area contributed by atoms with Crippen molar-refractivity contribution in [3.8, 4) is 6.07 Å². The summed E-state index contributed by atoms with van der Waals surface area (Å²) in [4.78, 5) is 12.2. The van der Waals surface area contributed by atoms with Gasteiger partial charge >= 0.3 is 6.09 Å². The maximum absolute atomic E-state index is 12.2. The zero-order chi connectivity index (χ0) is 21.3. The van der Waals surface area contributed by atoms with Crippen LogP contribution in [-0.2, 0) is 17.7 Å². The summed E-state index contributed by atoms with van der Waals surface area (Å²) in [6.07, 6.45) is -0.895. The van der Waals surface area contributed by atoms with Crippen molar-refractivity contribution in [1.82, 2.24) is 10.6 Å². The van der Waals surface area contributed by atoms with Crippen molar-refractivity contribution in [3.05, 3.63) is 71.3 Å². The molecule has 2 atom stereocenters. The molecule has 0 aliphatic rings. The van der Waals surface area contributed by atoms with E-state index >= 15 is 0 Å². The number of ether oxygens (including phenoxy) is 1. The highest BCUT2D eigenvalue weighted by atomic mass is 16.6. The van der Waals surface area contributed by atoms with Crippen LogP contribution in [0, 0.1) is 11.3 Å². The van der Waals surface area contributed by atoms with E-state index in [1.165, 1.54) is 0 Å². The Labute approximate surface area is 172 Å². The molecule has 0 saturated heterocycles. The van der Waals surface area contributed by atoms with Crippen LogP contribution >= 0.6 is 0 Å². The third kappa shape index (κ3) is 8.34. The van der Waals surface area contributed by atoms with Crippen LogP contribution in [0.1, 0.15) is 37.5 Å². The number of aliphatic hydroxyl groups is 1. The first-order chi connectivity index (χ1) is 13.8. The lowest BCUT2D eigenvalue weighted by molar-refractivity contribution is 0.0422. The van der Waals surface area contributed by atoms with Crippen LogP contribution in [0.5, 0.6) is 0 Å². The lowest BCUT2D eigenvalue weighted by Crippen LogP contribution is -2.49. The summed E-state index contributed by atoms with van der Waals surface area (Å²) < 4.78 is 5.34. The molecule has 0 bridgehead atoms. The van der Waals surface area contributed by atoms with Crippen molar-refractivity contribution in [1.29, 1.82) is 5.26 Å². The molecule has 0 radical (unpaired) electrons. The Kier molecular flexibility index (Phi) is 8.20. The van der Waals surface area contributed by atoms with Crippen molar-refractivity contribution in [2.75, 3.05) is 6.54 Å². The van der Waals surface area contributed by atoms with Crippen molar-refractivity contribution < 1.29 is 14.6 Å². The summed E-state index contributed by atoms with van der Waals surface area (Å²) in [5.74, 6) is 0. The maximum atomic E-state index is 12.2. The summed E-state index contributed by atoms with van der Waals surface area (Å²) in [5.41, 5.74) is 1.94. The van der Waals surface area contributed by atoms with Gasteiger partial charge in [-0.15, -0.1) is 0 Å². The van der Waals surface area contributed by atoms with E-state index in [1.807, 2.05) is 42.5 Å². The summed E-state index contributed by atoms with van der Waals surface area (Å²) in [6.45, 7) is 6.19. The first-order valence-electron chi connectivity index (χ1n) is 9.68. The Bertz CT molecular complexity index is 825. The Morgan fingerprint density at radius 3 is 2.48 bits per heavy atom. The number of carbonyl (C=O) groups is 1. The van der Waals surface area contributed by atoms with Crippen molar-refractivity contribution in [2.24, 2.45) is 0 Å². The zero-order valence-corrected chi connectivity index (χ0v) is 17.2. The molecule has 0 aromatic heterocycles. The van der Waals surface area contributed by atoms with E-state index in [1.54, 1.807) is 32.9 Å². The van der Waals surface area contributed by atoms with Crippen LogP contribution < -0.4 is 10.6 Å². The van der Waals surface area contributed by atoms with Gasteiger partial charge in [-0.3, -0.25) is 0 Å². The molecule has 1 amide bonds. The van der Waals surface area contributed by atoms with Gasteiger partial charge in [-0.05, 0) is 50.5 Å². The number of hydrogen-bond acceptors (Lipinski definition) is 5. The van der Waals surface area contributed by atoms with E-state index in [0.717, 1.165) is 11.1 Å². The number of alkyl carbamates (subject to hydrolysis) is 1. The number of rotatable bonds is 8. The second-order valence-electron chi connectivity index (χ2n) is 7.95. The fourth-order valence-corrected chi connectivity index (χ4v) is 2.87. The van der Waals surface area contributed by atoms with Crippen molar-refractivity contribution >= 4 is 6.09 Å². The predicted molar refractivity (Wildman–Crippen MR) is 112 cm³/mol. The molecule has 2 aromatic carbocycles. The number of nitriles is 1. The minimum Gasteiger partial charge on any atom is -0.444 e. The standard InChI is InChI=1S/C23H29N3O3/c1-23(2,3)29-22(28)26-20(13-17-8-5-4-6-9-17)21(27)16-25-15-19-11-7-10-18(12-19)14-24/h4-12,20-21,25,27H,13,15-16H2,1-3H3,(H,26,28)/t20-,21+/m0/s1. The van der Waals surface area contributed by atoms with Gasteiger partial charge < -0.3 is 20.5 Å². The van der Waals surface area contributed by atoms with Gasteiger partial charge in [-0.2, -0.15) is 5.26 Å². The molecule has 0 aliphatic carbocycles. The van der Waals surface area contributed by atoms with Gasteiger partial charge in [0, 0.05) is 13.1 Å². The zero-order valence-electron chi connectivity index (χ0n) is 17.2. The molecule has 6 heteroatoms. The van der Waals surface area contributed by atoms with Crippen molar-refractivity contribution in [2.45, 2.75) is 51.5 Å². The molecule has 0 heterocycles. The lowest BCUT2D eigenvalue weighted by Gasteiger charge is -2.27. The van der Waals surface area contributed by atoms with Gasteiger partial charge in [0.2, 0.25) is 0 Å². The monoisotopic (exact) mass is 395 g/mol. The van der Waals surface area contributed by atoms with Crippen LogP contribution in [0.2, 0.25) is 0 Å². The van der Waals surface area contributed by atoms with E-state index in [-0.39, 0.29) is 6.54 Å². The van der Waals surface area contributed by atoms with Gasteiger partial charge in [0.25, 0.3) is 0 Å². The summed E-state index contributed by atoms with van der Waals surface area (Å²) in [6, 6.07) is 18.6. The number of hydrogen-bond donors (Lipinski definition) is 3. The molecule has 2 aromatic rings. The molecule has 0 saturated carbocycles. The molecule has 154 valence electrons. The topological polar surface area (TPSA) is 94.4 Å². The molecular formula is C23H29N3O3. The van der Waals surface area contributed by atoms with E-state index in [4.69, 9.17) is 10.00 Å². The highest BCUT2D eigenvalue weighted by molar-refractivity contribution is 5.68. The minimum absolute atomic E-state index is 0.282. The number of benzene rings is 2. The average Bonchev–Trinajstić information content (AvgIpc) is 2.67. The molecule has 29 heavy (non-hydrogen) atoms. The van der Waals surface area contributed by atoms with E-state index < -0.39 is 23.8 Å². The summed E-state index contributed by atoms with van der Waals surface area (Å²) >= 11 is 0. The molecule has 2 rings (SSSR count). The quantitative estimate of drug-likeness (QED) is 0.638. The number of aliphatic hydroxyl groups excluding tert-OH is 1. The van der Waals surface area contributed by atoms with Crippen LogP contribution in [0.25, 0.3) is 0 Å². The van der Waals surface area contributed by atoms with Gasteiger partial charge in [0.15, 0.2) is 0 Å². The number of amides is 1. The molecule has 0 spiro atoms. The highest BCUT2D eigenvalue weighted by Crippen LogP contribution is 2.11. The third-order valence-electron chi connectivity index (χ3n) is 4.20. The van der Waals surface area contributed by atoms with E-state index in [0.29, 0.717) is 18.5 Å². The van der Waals surface area contributed by atoms with Crippen LogP contribution in [-0.4, -0.2) is 35.5 Å². The summed E-state index contributed by atoms with van der Waals surface area (Å²) in [7, 11) is 0.